The van der Waals surface area contributed by atoms with Gasteiger partial charge in [0.15, 0.2) is 0 Å². The van der Waals surface area contributed by atoms with Crippen LogP contribution in [0, 0.1) is 5.92 Å². The minimum atomic E-state index is -0.218. The minimum Gasteiger partial charge on any atom is -0.309 e. The van der Waals surface area contributed by atoms with E-state index in [1.54, 1.807) is 11.8 Å². The zero-order valence-electron chi connectivity index (χ0n) is 18.1. The van der Waals surface area contributed by atoms with Crippen molar-refractivity contribution in [2.75, 3.05) is 31.3 Å². The normalized spacial score (nSPS) is 15.4. The lowest BCUT2D eigenvalue weighted by Gasteiger charge is -2.27. The molecule has 0 bridgehead atoms. The number of amides is 2. The van der Waals surface area contributed by atoms with E-state index in [1.807, 2.05) is 48.5 Å². The summed E-state index contributed by atoms with van der Waals surface area (Å²) in [6.45, 7) is 1.13. The summed E-state index contributed by atoms with van der Waals surface area (Å²) in [6, 6.07) is 24.3. The van der Waals surface area contributed by atoms with Gasteiger partial charge in [-0.1, -0.05) is 36.0 Å². The van der Waals surface area contributed by atoms with Crippen LogP contribution in [-0.4, -0.2) is 31.6 Å². The van der Waals surface area contributed by atoms with Crippen molar-refractivity contribution in [2.24, 2.45) is 5.92 Å². The maximum absolute atomic E-state index is 12.5. The van der Waals surface area contributed by atoms with E-state index in [0.29, 0.717) is 5.92 Å². The van der Waals surface area contributed by atoms with Crippen LogP contribution in [0.15, 0.2) is 82.6 Å². The fourth-order valence-corrected chi connectivity index (χ4v) is 4.94. The first-order chi connectivity index (χ1) is 15.0. The third-order valence-corrected chi connectivity index (χ3v) is 6.52. The standard InChI is InChI=1S/C26H29N3OS/c1-29(2)18-19-8-9-21-17-23(11-10-20(21)16-19)28-26(30)27-22-12-14-25(15-13-22)31-24-6-4-3-5-7-24/h3-7,10-15,17,19H,8-9,16,18H2,1-2H3,(H2,27,28,30). The molecule has 3 aromatic carbocycles. The van der Waals surface area contributed by atoms with Gasteiger partial charge in [0.1, 0.15) is 0 Å². The second-order valence-corrected chi connectivity index (χ2v) is 9.52. The summed E-state index contributed by atoms with van der Waals surface area (Å²) in [5.41, 5.74) is 4.39. The highest BCUT2D eigenvalue weighted by molar-refractivity contribution is 7.99. The summed E-state index contributed by atoms with van der Waals surface area (Å²) in [7, 11) is 4.27. The van der Waals surface area contributed by atoms with Crippen LogP contribution in [0.3, 0.4) is 0 Å². The van der Waals surface area contributed by atoms with Crippen molar-refractivity contribution in [2.45, 2.75) is 29.1 Å². The molecular formula is C26H29N3OS. The maximum atomic E-state index is 12.5. The SMILES string of the molecule is CN(C)CC1CCc2cc(NC(=O)Nc3ccc(Sc4ccccc4)cc3)ccc2C1. The van der Waals surface area contributed by atoms with Gasteiger partial charge in [0, 0.05) is 27.7 Å². The first-order valence-corrected chi connectivity index (χ1v) is 11.5. The molecule has 4 nitrogen and oxygen atoms in total. The van der Waals surface area contributed by atoms with Gasteiger partial charge < -0.3 is 15.5 Å². The van der Waals surface area contributed by atoms with Gasteiger partial charge in [0.25, 0.3) is 0 Å². The van der Waals surface area contributed by atoms with Gasteiger partial charge in [-0.2, -0.15) is 0 Å². The van der Waals surface area contributed by atoms with Crippen LogP contribution in [0.2, 0.25) is 0 Å². The number of anilines is 2. The molecule has 0 heterocycles. The molecule has 0 saturated heterocycles. The Balaban J connectivity index is 1.32. The summed E-state index contributed by atoms with van der Waals surface area (Å²) in [4.78, 5) is 17.1. The van der Waals surface area contributed by atoms with E-state index >= 15 is 0 Å². The first kappa shape index (κ1) is 21.5. The summed E-state index contributed by atoms with van der Waals surface area (Å²) in [5.74, 6) is 0.715. The lowest BCUT2D eigenvalue weighted by atomic mass is 9.83. The molecule has 31 heavy (non-hydrogen) atoms. The zero-order valence-corrected chi connectivity index (χ0v) is 18.9. The highest BCUT2D eigenvalue weighted by Crippen LogP contribution is 2.29. The van der Waals surface area contributed by atoms with Crippen LogP contribution >= 0.6 is 11.8 Å². The predicted molar refractivity (Wildman–Crippen MR) is 130 cm³/mol. The van der Waals surface area contributed by atoms with E-state index in [2.05, 4.69) is 53.9 Å². The zero-order chi connectivity index (χ0) is 21.6. The Labute approximate surface area is 189 Å². The Hall–Kier alpha value is -2.76. The van der Waals surface area contributed by atoms with E-state index in [1.165, 1.54) is 22.4 Å². The molecular weight excluding hydrogens is 402 g/mol. The highest BCUT2D eigenvalue weighted by atomic mass is 32.2. The van der Waals surface area contributed by atoms with E-state index in [9.17, 15) is 4.79 Å². The van der Waals surface area contributed by atoms with Gasteiger partial charge in [-0.25, -0.2) is 4.79 Å². The molecule has 1 aliphatic rings. The smallest absolute Gasteiger partial charge is 0.309 e. The average molecular weight is 432 g/mol. The largest absolute Gasteiger partial charge is 0.323 e. The number of urea groups is 1. The Kier molecular flexibility index (Phi) is 6.95. The molecule has 1 unspecified atom stereocenters. The number of fused-ring (bicyclic) bond motifs is 1. The molecule has 1 aliphatic carbocycles. The van der Waals surface area contributed by atoms with Crippen LogP contribution in [0.4, 0.5) is 16.2 Å². The number of carbonyl (C=O) groups excluding carboxylic acids is 1. The number of hydrogen-bond donors (Lipinski definition) is 2. The molecule has 160 valence electrons. The number of rotatable bonds is 6. The molecule has 0 fully saturated rings. The van der Waals surface area contributed by atoms with E-state index in [0.717, 1.165) is 35.7 Å². The lowest BCUT2D eigenvalue weighted by molar-refractivity contribution is 0.262. The molecule has 2 amide bonds. The summed E-state index contributed by atoms with van der Waals surface area (Å²) < 4.78 is 0. The van der Waals surface area contributed by atoms with Crippen molar-refractivity contribution in [1.29, 1.82) is 0 Å². The van der Waals surface area contributed by atoms with Crippen molar-refractivity contribution in [1.82, 2.24) is 4.90 Å². The van der Waals surface area contributed by atoms with Gasteiger partial charge in [0.05, 0.1) is 0 Å². The monoisotopic (exact) mass is 431 g/mol. The predicted octanol–water partition coefficient (Wildman–Crippen LogP) is 6.15. The number of hydrogen-bond acceptors (Lipinski definition) is 3. The molecule has 2 N–H and O–H groups in total. The van der Waals surface area contributed by atoms with Crippen molar-refractivity contribution < 1.29 is 4.79 Å². The van der Waals surface area contributed by atoms with Crippen molar-refractivity contribution in [3.63, 3.8) is 0 Å². The second-order valence-electron chi connectivity index (χ2n) is 8.37. The molecule has 0 saturated carbocycles. The quantitative estimate of drug-likeness (QED) is 0.492. The van der Waals surface area contributed by atoms with Crippen LogP contribution in [0.25, 0.3) is 0 Å². The Morgan fingerprint density at radius 1 is 0.903 bits per heavy atom. The van der Waals surface area contributed by atoms with Crippen LogP contribution in [-0.2, 0) is 12.8 Å². The molecule has 3 aromatic rings. The average Bonchev–Trinajstić information content (AvgIpc) is 2.75. The topological polar surface area (TPSA) is 44.4 Å². The summed E-state index contributed by atoms with van der Waals surface area (Å²) in [5, 5.41) is 5.90. The second kappa shape index (κ2) is 10.0. The molecule has 0 radical (unpaired) electrons. The Bertz CT molecular complexity index is 1020. The Morgan fingerprint density at radius 3 is 2.32 bits per heavy atom. The molecule has 0 aromatic heterocycles. The molecule has 5 heteroatoms. The molecule has 1 atom stereocenters. The number of aryl methyl sites for hydroxylation is 1. The lowest BCUT2D eigenvalue weighted by Crippen LogP contribution is -2.26. The first-order valence-electron chi connectivity index (χ1n) is 10.7. The van der Waals surface area contributed by atoms with Gasteiger partial charge >= 0.3 is 6.03 Å². The van der Waals surface area contributed by atoms with E-state index in [-0.39, 0.29) is 6.03 Å². The third-order valence-electron chi connectivity index (χ3n) is 5.51. The molecule has 0 spiro atoms. The van der Waals surface area contributed by atoms with Gasteiger partial charge in [-0.05, 0) is 98.9 Å². The Morgan fingerprint density at radius 2 is 1.58 bits per heavy atom. The van der Waals surface area contributed by atoms with Crippen LogP contribution < -0.4 is 10.6 Å². The van der Waals surface area contributed by atoms with E-state index < -0.39 is 0 Å². The molecule has 0 aliphatic heterocycles. The van der Waals surface area contributed by atoms with Gasteiger partial charge in [-0.3, -0.25) is 0 Å². The minimum absolute atomic E-state index is 0.218. The van der Waals surface area contributed by atoms with E-state index in [4.69, 9.17) is 0 Å². The highest BCUT2D eigenvalue weighted by Gasteiger charge is 2.19. The fraction of sp³-hybridized carbons (Fsp3) is 0.269. The van der Waals surface area contributed by atoms with Gasteiger partial charge in [0.2, 0.25) is 0 Å². The number of nitrogens with zero attached hydrogens (tertiary/aromatic N) is 1. The number of benzene rings is 3. The van der Waals surface area contributed by atoms with Crippen LogP contribution in [0.5, 0.6) is 0 Å². The maximum Gasteiger partial charge on any atom is 0.323 e. The summed E-state index contributed by atoms with van der Waals surface area (Å²) >= 11 is 1.70. The van der Waals surface area contributed by atoms with Crippen molar-refractivity contribution in [3.05, 3.63) is 83.9 Å². The van der Waals surface area contributed by atoms with Crippen molar-refractivity contribution >= 4 is 29.2 Å². The number of carbonyl (C=O) groups is 1. The number of nitrogens with one attached hydrogen (secondary N) is 2. The molecule has 4 rings (SSSR count). The fourth-order valence-electron chi connectivity index (χ4n) is 4.10. The van der Waals surface area contributed by atoms with Crippen molar-refractivity contribution in [3.8, 4) is 0 Å². The summed E-state index contributed by atoms with van der Waals surface area (Å²) in [6.07, 6.45) is 3.40. The van der Waals surface area contributed by atoms with Gasteiger partial charge in [-0.15, -0.1) is 0 Å². The third kappa shape index (κ3) is 6.12. The van der Waals surface area contributed by atoms with Crippen LogP contribution in [0.1, 0.15) is 17.5 Å².